The topological polar surface area (TPSA) is 18.5 Å². The number of hydrogen-bond acceptors (Lipinski definition) is 2. The Bertz CT molecular complexity index is 122. The molecule has 9 heavy (non-hydrogen) atoms. The maximum Gasteiger partial charge on any atom is 0.185 e. The third-order valence-corrected chi connectivity index (χ3v) is 1.41. The summed E-state index contributed by atoms with van der Waals surface area (Å²) in [4.78, 5) is 0. The average Bonchev–Trinajstić information content (AvgIpc) is 2.13. The predicted molar refractivity (Wildman–Crippen MR) is 35.1 cm³/mol. The first-order chi connectivity index (χ1) is 4.16. The second-order valence-corrected chi connectivity index (χ2v) is 2.46. The molecule has 1 fully saturated rings. The summed E-state index contributed by atoms with van der Waals surface area (Å²) in [5.41, 5.74) is 0. The van der Waals surface area contributed by atoms with Crippen molar-refractivity contribution in [3.8, 4) is 0 Å². The van der Waals surface area contributed by atoms with Crippen molar-refractivity contribution in [3.05, 3.63) is 12.7 Å². The molecule has 1 aliphatic rings. The predicted octanol–water partition coefficient (Wildman–Crippen LogP) is 1.32. The Kier molecular flexibility index (Phi) is 1.60. The maximum absolute atomic E-state index is 5.36. The van der Waals surface area contributed by atoms with E-state index in [-0.39, 0.29) is 6.10 Å². The largest absolute Gasteiger partial charge is 0.344 e. The van der Waals surface area contributed by atoms with E-state index >= 15 is 0 Å². The van der Waals surface area contributed by atoms with E-state index in [2.05, 4.69) is 6.58 Å². The third kappa shape index (κ3) is 1.32. The highest BCUT2D eigenvalue weighted by atomic mass is 16.7. The minimum Gasteiger partial charge on any atom is -0.344 e. The highest BCUT2D eigenvalue weighted by Crippen LogP contribution is 2.23. The number of rotatable bonds is 1. The lowest BCUT2D eigenvalue weighted by atomic mass is 10.3. The molecule has 1 rings (SSSR count). The van der Waals surface area contributed by atoms with Crippen molar-refractivity contribution in [1.82, 2.24) is 0 Å². The van der Waals surface area contributed by atoms with Crippen LogP contribution in [0.4, 0.5) is 0 Å². The lowest BCUT2D eigenvalue weighted by molar-refractivity contribution is -0.111. The molecule has 0 saturated carbocycles. The first-order valence-electron chi connectivity index (χ1n) is 3.12. The Morgan fingerprint density at radius 1 is 1.78 bits per heavy atom. The van der Waals surface area contributed by atoms with Crippen LogP contribution < -0.4 is 0 Å². The van der Waals surface area contributed by atoms with Crippen LogP contribution in [0.5, 0.6) is 0 Å². The molecule has 0 aromatic heterocycles. The SMILES string of the molecule is C=CC1(C)OCC(C)O1. The van der Waals surface area contributed by atoms with E-state index in [0.29, 0.717) is 6.61 Å². The first-order valence-corrected chi connectivity index (χ1v) is 3.12. The van der Waals surface area contributed by atoms with Crippen LogP contribution in [0.1, 0.15) is 13.8 Å². The van der Waals surface area contributed by atoms with E-state index in [0.717, 1.165) is 0 Å². The van der Waals surface area contributed by atoms with Gasteiger partial charge in [-0.25, -0.2) is 0 Å². The lowest BCUT2D eigenvalue weighted by Crippen LogP contribution is -2.22. The van der Waals surface area contributed by atoms with Crippen LogP contribution in [0.3, 0.4) is 0 Å². The van der Waals surface area contributed by atoms with E-state index in [9.17, 15) is 0 Å². The minimum absolute atomic E-state index is 0.202. The molecule has 0 aliphatic carbocycles. The summed E-state index contributed by atoms with van der Waals surface area (Å²) in [6.45, 7) is 8.11. The van der Waals surface area contributed by atoms with E-state index in [1.807, 2.05) is 13.8 Å². The van der Waals surface area contributed by atoms with Gasteiger partial charge in [-0.3, -0.25) is 0 Å². The summed E-state index contributed by atoms with van der Waals surface area (Å²) in [5.74, 6) is -0.528. The monoisotopic (exact) mass is 128 g/mol. The smallest absolute Gasteiger partial charge is 0.185 e. The second kappa shape index (κ2) is 2.12. The Morgan fingerprint density at radius 2 is 2.44 bits per heavy atom. The summed E-state index contributed by atoms with van der Waals surface area (Å²) in [6.07, 6.45) is 1.88. The molecule has 0 radical (unpaired) electrons. The van der Waals surface area contributed by atoms with Gasteiger partial charge in [-0.15, -0.1) is 0 Å². The van der Waals surface area contributed by atoms with E-state index in [1.54, 1.807) is 6.08 Å². The quantitative estimate of drug-likeness (QED) is 0.496. The van der Waals surface area contributed by atoms with Crippen LogP contribution in [0.15, 0.2) is 12.7 Å². The Labute approximate surface area is 55.5 Å². The summed E-state index contributed by atoms with van der Waals surface area (Å²) in [6, 6.07) is 0. The zero-order valence-corrected chi connectivity index (χ0v) is 5.89. The van der Waals surface area contributed by atoms with Gasteiger partial charge in [-0.2, -0.15) is 0 Å². The van der Waals surface area contributed by atoms with E-state index in [4.69, 9.17) is 9.47 Å². The van der Waals surface area contributed by atoms with E-state index < -0.39 is 5.79 Å². The fraction of sp³-hybridized carbons (Fsp3) is 0.714. The van der Waals surface area contributed by atoms with Gasteiger partial charge in [0.05, 0.1) is 12.7 Å². The third-order valence-electron chi connectivity index (χ3n) is 1.41. The first kappa shape index (κ1) is 6.78. The van der Waals surface area contributed by atoms with Crippen molar-refractivity contribution in [2.45, 2.75) is 25.7 Å². The van der Waals surface area contributed by atoms with Gasteiger partial charge in [0.2, 0.25) is 0 Å². The molecule has 0 N–H and O–H groups in total. The van der Waals surface area contributed by atoms with Crippen molar-refractivity contribution in [2.24, 2.45) is 0 Å². The molecule has 2 nitrogen and oxygen atoms in total. The molecule has 0 bridgehead atoms. The Hall–Kier alpha value is -0.340. The van der Waals surface area contributed by atoms with Crippen molar-refractivity contribution in [1.29, 1.82) is 0 Å². The fourth-order valence-corrected chi connectivity index (χ4v) is 0.857. The minimum atomic E-state index is -0.528. The molecule has 0 amide bonds. The average molecular weight is 128 g/mol. The molecular formula is C7H12O2. The molecule has 2 atom stereocenters. The molecule has 1 aliphatic heterocycles. The summed E-state index contributed by atoms with van der Waals surface area (Å²) < 4.78 is 10.6. The number of ether oxygens (including phenoxy) is 2. The molecule has 1 saturated heterocycles. The van der Waals surface area contributed by atoms with Gasteiger partial charge in [-0.05, 0) is 19.9 Å². The molecule has 0 aromatic rings. The van der Waals surface area contributed by atoms with Crippen LogP contribution in [0, 0.1) is 0 Å². The van der Waals surface area contributed by atoms with Crippen molar-refractivity contribution in [2.75, 3.05) is 6.61 Å². The second-order valence-electron chi connectivity index (χ2n) is 2.46. The summed E-state index contributed by atoms with van der Waals surface area (Å²) in [7, 11) is 0. The highest BCUT2D eigenvalue weighted by molar-refractivity contribution is 4.89. The van der Waals surface area contributed by atoms with Gasteiger partial charge in [0.1, 0.15) is 0 Å². The summed E-state index contributed by atoms with van der Waals surface area (Å²) in [5, 5.41) is 0. The maximum atomic E-state index is 5.36. The zero-order valence-electron chi connectivity index (χ0n) is 5.89. The molecule has 1 heterocycles. The van der Waals surface area contributed by atoms with Crippen LogP contribution in [0.2, 0.25) is 0 Å². The molecule has 2 heteroatoms. The lowest BCUT2D eigenvalue weighted by Gasteiger charge is -2.16. The van der Waals surface area contributed by atoms with E-state index in [1.165, 1.54) is 0 Å². The zero-order chi connectivity index (χ0) is 6.91. The molecule has 0 spiro atoms. The van der Waals surface area contributed by atoms with Crippen molar-refractivity contribution in [3.63, 3.8) is 0 Å². The standard InChI is InChI=1S/C7H12O2/c1-4-7(3)8-5-6(2)9-7/h4,6H,1,5H2,2-3H3. The van der Waals surface area contributed by atoms with Gasteiger partial charge in [0, 0.05) is 0 Å². The van der Waals surface area contributed by atoms with Crippen LogP contribution >= 0.6 is 0 Å². The molecular weight excluding hydrogens is 116 g/mol. The van der Waals surface area contributed by atoms with Gasteiger partial charge >= 0.3 is 0 Å². The van der Waals surface area contributed by atoms with Gasteiger partial charge in [0.25, 0.3) is 0 Å². The van der Waals surface area contributed by atoms with Crippen molar-refractivity contribution < 1.29 is 9.47 Å². The van der Waals surface area contributed by atoms with Crippen LogP contribution in [-0.2, 0) is 9.47 Å². The molecule has 0 aromatic carbocycles. The Balaban J connectivity index is 2.54. The molecule has 52 valence electrons. The van der Waals surface area contributed by atoms with Gasteiger partial charge < -0.3 is 9.47 Å². The highest BCUT2D eigenvalue weighted by Gasteiger charge is 2.31. The van der Waals surface area contributed by atoms with Gasteiger partial charge in [-0.1, -0.05) is 6.58 Å². The van der Waals surface area contributed by atoms with Crippen LogP contribution in [0.25, 0.3) is 0 Å². The van der Waals surface area contributed by atoms with Gasteiger partial charge in [0.15, 0.2) is 5.79 Å². The number of hydrogen-bond donors (Lipinski definition) is 0. The summed E-state index contributed by atoms with van der Waals surface area (Å²) >= 11 is 0. The van der Waals surface area contributed by atoms with Crippen molar-refractivity contribution >= 4 is 0 Å². The fourth-order valence-electron chi connectivity index (χ4n) is 0.857. The van der Waals surface area contributed by atoms with Crippen LogP contribution in [-0.4, -0.2) is 18.5 Å². The normalized spacial score (nSPS) is 43.1. The Morgan fingerprint density at radius 3 is 2.67 bits per heavy atom. The molecule has 2 unspecified atom stereocenters.